The van der Waals surface area contributed by atoms with E-state index in [1.165, 1.54) is 30.9 Å². The van der Waals surface area contributed by atoms with Gasteiger partial charge in [-0.2, -0.15) is 0 Å². The molecule has 0 fully saturated rings. The number of hydrogen-bond acceptors (Lipinski definition) is 5. The highest BCUT2D eigenvalue weighted by Crippen LogP contribution is 2.41. The van der Waals surface area contributed by atoms with Crippen molar-refractivity contribution in [3.05, 3.63) is 176 Å². The monoisotopic (exact) mass is 707 g/mol. The molecule has 0 bridgehead atoms. The molecule has 54 heavy (non-hydrogen) atoms. The van der Waals surface area contributed by atoms with Gasteiger partial charge >= 0.3 is 0 Å². The summed E-state index contributed by atoms with van der Waals surface area (Å²) in [4.78, 5) is 15.7. The second-order valence-electron chi connectivity index (χ2n) is 13.6. The number of aromatic nitrogens is 3. The molecule has 8 aromatic carbocycles. The van der Waals surface area contributed by atoms with Crippen LogP contribution in [0.15, 0.2) is 180 Å². The van der Waals surface area contributed by atoms with Gasteiger partial charge < -0.3 is 4.42 Å². The molecular weight excluding hydrogens is 679 g/mol. The molecule has 0 unspecified atom stereocenters. The van der Waals surface area contributed by atoms with E-state index in [0.717, 1.165) is 60.9 Å². The van der Waals surface area contributed by atoms with Crippen LogP contribution in [0.4, 0.5) is 0 Å². The molecule has 0 saturated carbocycles. The van der Waals surface area contributed by atoms with Crippen molar-refractivity contribution in [2.24, 2.45) is 0 Å². The topological polar surface area (TPSA) is 51.8 Å². The van der Waals surface area contributed by atoms with Crippen LogP contribution in [0.1, 0.15) is 0 Å². The number of thiophene rings is 1. The van der Waals surface area contributed by atoms with Crippen molar-refractivity contribution in [1.82, 2.24) is 15.0 Å². The summed E-state index contributed by atoms with van der Waals surface area (Å²) in [6.45, 7) is 0. The first-order valence-corrected chi connectivity index (χ1v) is 18.8. The summed E-state index contributed by atoms with van der Waals surface area (Å²) >= 11 is 1.81. The van der Waals surface area contributed by atoms with Gasteiger partial charge in [0.1, 0.15) is 11.2 Å². The normalized spacial score (nSPS) is 11.7. The molecule has 0 aliphatic rings. The molecule has 3 heterocycles. The zero-order valence-electron chi connectivity index (χ0n) is 28.9. The van der Waals surface area contributed by atoms with Crippen LogP contribution in [0.3, 0.4) is 0 Å². The van der Waals surface area contributed by atoms with Gasteiger partial charge in [-0.3, -0.25) is 0 Å². The second-order valence-corrected chi connectivity index (χ2v) is 14.7. The fraction of sp³-hybridized carbons (Fsp3) is 0. The Labute approximate surface area is 314 Å². The number of furan rings is 1. The van der Waals surface area contributed by atoms with E-state index >= 15 is 0 Å². The Hall–Kier alpha value is -6.95. The molecule has 0 saturated heterocycles. The van der Waals surface area contributed by atoms with E-state index in [1.54, 1.807) is 11.3 Å². The third-order valence-corrected chi connectivity index (χ3v) is 11.5. The van der Waals surface area contributed by atoms with E-state index in [4.69, 9.17) is 19.4 Å². The fourth-order valence-electron chi connectivity index (χ4n) is 7.63. The lowest BCUT2D eigenvalue weighted by atomic mass is 9.96. The van der Waals surface area contributed by atoms with Gasteiger partial charge in [0.05, 0.1) is 0 Å². The van der Waals surface area contributed by atoms with Gasteiger partial charge in [-0.15, -0.1) is 11.3 Å². The van der Waals surface area contributed by atoms with E-state index in [9.17, 15) is 0 Å². The molecular formula is C49H29N3OS. The van der Waals surface area contributed by atoms with Crippen molar-refractivity contribution < 1.29 is 4.42 Å². The summed E-state index contributed by atoms with van der Waals surface area (Å²) in [5.41, 5.74) is 8.80. The number of rotatable bonds is 5. The minimum Gasteiger partial charge on any atom is -0.456 e. The first-order valence-electron chi connectivity index (χ1n) is 18.0. The van der Waals surface area contributed by atoms with Crippen molar-refractivity contribution >= 4 is 64.2 Å². The van der Waals surface area contributed by atoms with E-state index < -0.39 is 0 Å². The van der Waals surface area contributed by atoms with E-state index in [-0.39, 0.29) is 0 Å². The fourth-order valence-corrected chi connectivity index (χ4v) is 8.71. The summed E-state index contributed by atoms with van der Waals surface area (Å²) in [5.74, 6) is 1.83. The highest BCUT2D eigenvalue weighted by atomic mass is 32.1. The van der Waals surface area contributed by atoms with E-state index in [0.29, 0.717) is 17.5 Å². The smallest absolute Gasteiger partial charge is 0.164 e. The van der Waals surface area contributed by atoms with Crippen LogP contribution < -0.4 is 0 Å². The largest absolute Gasteiger partial charge is 0.456 e. The van der Waals surface area contributed by atoms with Gasteiger partial charge in [-0.05, 0) is 81.6 Å². The molecule has 252 valence electrons. The average Bonchev–Trinajstić information content (AvgIpc) is 3.81. The van der Waals surface area contributed by atoms with Crippen LogP contribution in [-0.2, 0) is 0 Å². The Morgan fingerprint density at radius 2 is 0.981 bits per heavy atom. The summed E-state index contributed by atoms with van der Waals surface area (Å²) in [6.07, 6.45) is 0. The maximum atomic E-state index is 6.56. The second kappa shape index (κ2) is 12.3. The Balaban J connectivity index is 1.16. The van der Waals surface area contributed by atoms with Crippen molar-refractivity contribution in [2.45, 2.75) is 0 Å². The van der Waals surface area contributed by atoms with Crippen molar-refractivity contribution in [2.75, 3.05) is 0 Å². The summed E-state index contributed by atoms with van der Waals surface area (Å²) < 4.78 is 9.06. The van der Waals surface area contributed by atoms with Gasteiger partial charge in [0, 0.05) is 47.6 Å². The van der Waals surface area contributed by atoms with Crippen molar-refractivity contribution in [1.29, 1.82) is 0 Å². The summed E-state index contributed by atoms with van der Waals surface area (Å²) in [6, 6.07) is 61.6. The predicted octanol–water partition coefficient (Wildman–Crippen LogP) is 13.6. The quantitative estimate of drug-likeness (QED) is 0.179. The SMILES string of the molecule is c1ccc(-c2ccc(-c3nc(-c4ccc5sc6ccccc6c5c4)nc(-c4cc(-c5ccc6ccccc6c5)cc5oc6ccccc6c45)n3)cc2)cc1. The van der Waals surface area contributed by atoms with Crippen LogP contribution >= 0.6 is 11.3 Å². The van der Waals surface area contributed by atoms with Crippen LogP contribution in [-0.4, -0.2) is 15.0 Å². The molecule has 0 amide bonds. The Kier molecular flexibility index (Phi) is 7.00. The zero-order chi connectivity index (χ0) is 35.6. The lowest BCUT2D eigenvalue weighted by molar-refractivity contribution is 0.669. The van der Waals surface area contributed by atoms with Gasteiger partial charge in [-0.25, -0.2) is 15.0 Å². The van der Waals surface area contributed by atoms with Crippen LogP contribution in [0.2, 0.25) is 0 Å². The zero-order valence-corrected chi connectivity index (χ0v) is 29.7. The van der Waals surface area contributed by atoms with Gasteiger partial charge in [0.15, 0.2) is 17.5 Å². The van der Waals surface area contributed by atoms with Crippen molar-refractivity contribution in [3.8, 4) is 56.4 Å². The Bertz CT molecular complexity index is 3220. The molecule has 0 atom stereocenters. The van der Waals surface area contributed by atoms with Gasteiger partial charge in [-0.1, -0.05) is 127 Å². The van der Waals surface area contributed by atoms with E-state index in [1.807, 2.05) is 18.2 Å². The molecule has 0 aliphatic carbocycles. The molecule has 11 aromatic rings. The lowest BCUT2D eigenvalue weighted by Crippen LogP contribution is -2.01. The Morgan fingerprint density at radius 3 is 1.85 bits per heavy atom. The standard InChI is InChI=1S/C49H29N3OS/c1-2-10-30(11-3-1)32-18-21-33(22-19-32)47-50-48(36-24-25-45-40(27-36)38-14-7-9-17-44(38)54-45)52-49(51-47)41-28-37(35-23-20-31-12-4-5-13-34(31)26-35)29-43-46(41)39-15-6-8-16-42(39)53-43/h1-29H. The first-order chi connectivity index (χ1) is 26.7. The third-order valence-electron chi connectivity index (χ3n) is 10.3. The first kappa shape index (κ1) is 30.7. The molecule has 4 nitrogen and oxygen atoms in total. The maximum absolute atomic E-state index is 6.56. The minimum absolute atomic E-state index is 0.594. The highest BCUT2D eigenvalue weighted by Gasteiger charge is 2.20. The molecule has 11 rings (SSSR count). The molecule has 3 aromatic heterocycles. The minimum atomic E-state index is 0.594. The van der Waals surface area contributed by atoms with Gasteiger partial charge in [0.25, 0.3) is 0 Å². The number of para-hydroxylation sites is 1. The third kappa shape index (κ3) is 5.17. The number of fused-ring (bicyclic) bond motifs is 7. The molecule has 0 spiro atoms. The number of benzene rings is 8. The van der Waals surface area contributed by atoms with Crippen LogP contribution in [0, 0.1) is 0 Å². The van der Waals surface area contributed by atoms with Crippen LogP contribution in [0.5, 0.6) is 0 Å². The molecule has 0 aliphatic heterocycles. The summed E-state index contributed by atoms with van der Waals surface area (Å²) in [5, 5.41) is 6.82. The Morgan fingerprint density at radius 1 is 0.352 bits per heavy atom. The maximum Gasteiger partial charge on any atom is 0.164 e. The molecule has 0 N–H and O–H groups in total. The van der Waals surface area contributed by atoms with E-state index in [2.05, 4.69) is 158 Å². The number of hydrogen-bond donors (Lipinski definition) is 0. The highest BCUT2D eigenvalue weighted by molar-refractivity contribution is 7.25. The lowest BCUT2D eigenvalue weighted by Gasteiger charge is -2.12. The van der Waals surface area contributed by atoms with Gasteiger partial charge in [0.2, 0.25) is 0 Å². The summed E-state index contributed by atoms with van der Waals surface area (Å²) in [7, 11) is 0. The van der Waals surface area contributed by atoms with Crippen LogP contribution in [0.25, 0.3) is 109 Å². The molecule has 0 radical (unpaired) electrons. The predicted molar refractivity (Wildman–Crippen MR) is 225 cm³/mol. The number of nitrogens with zero attached hydrogens (tertiary/aromatic N) is 3. The van der Waals surface area contributed by atoms with Crippen molar-refractivity contribution in [3.63, 3.8) is 0 Å². The molecule has 5 heteroatoms. The average molecular weight is 708 g/mol.